The van der Waals surface area contributed by atoms with Crippen molar-refractivity contribution in [3.05, 3.63) is 0 Å². The predicted octanol–water partition coefficient (Wildman–Crippen LogP) is 1.47. The fourth-order valence-electron chi connectivity index (χ4n) is 2.46. The topological polar surface area (TPSA) is 72.2 Å². The molecule has 0 spiro atoms. The highest BCUT2D eigenvalue weighted by molar-refractivity contribution is 7.89. The van der Waals surface area contributed by atoms with Crippen LogP contribution in [0.5, 0.6) is 0 Å². The van der Waals surface area contributed by atoms with Gasteiger partial charge in [-0.25, -0.2) is 13.1 Å². The molecule has 1 aliphatic carbocycles. The van der Waals surface area contributed by atoms with Crippen molar-refractivity contribution in [2.24, 2.45) is 16.6 Å². The molecule has 0 aromatic carbocycles. The van der Waals surface area contributed by atoms with Gasteiger partial charge in [0.25, 0.3) is 0 Å². The summed E-state index contributed by atoms with van der Waals surface area (Å²) in [7, 11) is -3.18. The number of rotatable bonds is 5. The van der Waals surface area contributed by atoms with Crippen LogP contribution in [-0.2, 0) is 10.0 Å². The zero-order valence-corrected chi connectivity index (χ0v) is 12.1. The normalized spacial score (nSPS) is 20.7. The lowest BCUT2D eigenvalue weighted by atomic mass is 9.87. The highest BCUT2D eigenvalue weighted by atomic mass is 32.2. The molecule has 0 aromatic rings. The van der Waals surface area contributed by atoms with E-state index in [1.165, 1.54) is 0 Å². The van der Waals surface area contributed by atoms with Gasteiger partial charge in [-0.05, 0) is 30.2 Å². The molecule has 102 valence electrons. The average molecular weight is 262 g/mol. The largest absolute Gasteiger partial charge is 0.330 e. The third kappa shape index (κ3) is 4.94. The molecule has 1 rings (SSSR count). The van der Waals surface area contributed by atoms with Crippen molar-refractivity contribution in [3.8, 4) is 0 Å². The summed E-state index contributed by atoms with van der Waals surface area (Å²) < 4.78 is 26.6. The van der Waals surface area contributed by atoms with E-state index in [2.05, 4.69) is 4.72 Å². The van der Waals surface area contributed by atoms with E-state index in [4.69, 9.17) is 5.73 Å². The van der Waals surface area contributed by atoms with Gasteiger partial charge < -0.3 is 5.73 Å². The maximum Gasteiger partial charge on any atom is 0.212 e. The van der Waals surface area contributed by atoms with E-state index in [1.807, 2.05) is 20.8 Å². The Morgan fingerprint density at radius 3 is 2.18 bits per heavy atom. The van der Waals surface area contributed by atoms with E-state index < -0.39 is 10.0 Å². The summed E-state index contributed by atoms with van der Waals surface area (Å²) in [5.41, 5.74) is 5.58. The minimum atomic E-state index is -3.18. The first-order valence-corrected chi connectivity index (χ1v) is 8.01. The first-order valence-electron chi connectivity index (χ1n) is 6.36. The minimum absolute atomic E-state index is 0.00491. The highest BCUT2D eigenvalue weighted by Crippen LogP contribution is 2.36. The third-order valence-corrected chi connectivity index (χ3v) is 5.22. The van der Waals surface area contributed by atoms with Gasteiger partial charge in [-0.1, -0.05) is 33.6 Å². The Morgan fingerprint density at radius 1 is 1.24 bits per heavy atom. The Balaban J connectivity index is 2.54. The van der Waals surface area contributed by atoms with Gasteiger partial charge in [0, 0.05) is 6.54 Å². The van der Waals surface area contributed by atoms with Crippen molar-refractivity contribution < 1.29 is 8.42 Å². The van der Waals surface area contributed by atoms with Crippen LogP contribution in [0.4, 0.5) is 0 Å². The molecular formula is C12H26N2O2S. The zero-order chi connectivity index (χ0) is 13.2. The Morgan fingerprint density at radius 2 is 1.76 bits per heavy atom. The summed E-state index contributed by atoms with van der Waals surface area (Å²) in [5, 5.41) is 0. The lowest BCUT2D eigenvalue weighted by Gasteiger charge is -2.28. The lowest BCUT2D eigenvalue weighted by Crippen LogP contribution is -2.42. The van der Waals surface area contributed by atoms with Gasteiger partial charge in [0.05, 0.1) is 5.75 Å². The minimum Gasteiger partial charge on any atom is -0.330 e. The molecule has 17 heavy (non-hydrogen) atoms. The van der Waals surface area contributed by atoms with Crippen LogP contribution in [0.15, 0.2) is 0 Å². The van der Waals surface area contributed by atoms with E-state index in [0.717, 1.165) is 25.7 Å². The quantitative estimate of drug-likeness (QED) is 0.788. The van der Waals surface area contributed by atoms with E-state index in [0.29, 0.717) is 13.1 Å². The van der Waals surface area contributed by atoms with Crippen LogP contribution in [0.3, 0.4) is 0 Å². The second-order valence-corrected chi connectivity index (χ2v) is 8.36. The van der Waals surface area contributed by atoms with Crippen molar-refractivity contribution in [2.45, 2.75) is 46.5 Å². The number of nitrogens with two attached hydrogens (primary N) is 1. The standard InChI is InChI=1S/C12H26N2O2S/c1-11(2,3)10-17(15,16)14-9-12(8-13)6-4-5-7-12/h14H,4-10,13H2,1-3H3. The molecule has 1 fully saturated rings. The second-order valence-electron chi connectivity index (χ2n) is 6.55. The Bertz CT molecular complexity index is 338. The molecule has 0 bridgehead atoms. The molecule has 0 amide bonds. The van der Waals surface area contributed by atoms with Crippen LogP contribution < -0.4 is 10.5 Å². The van der Waals surface area contributed by atoms with Gasteiger partial charge in [0.1, 0.15) is 0 Å². The highest BCUT2D eigenvalue weighted by Gasteiger charge is 2.34. The molecule has 0 aliphatic heterocycles. The third-order valence-electron chi connectivity index (χ3n) is 3.39. The van der Waals surface area contributed by atoms with E-state index in [-0.39, 0.29) is 16.6 Å². The molecule has 0 saturated heterocycles. The fourth-order valence-corrected chi connectivity index (χ4v) is 4.23. The summed E-state index contributed by atoms with van der Waals surface area (Å²) in [6.45, 7) is 6.87. The smallest absolute Gasteiger partial charge is 0.212 e. The van der Waals surface area contributed by atoms with Crippen molar-refractivity contribution >= 4 is 10.0 Å². The maximum absolute atomic E-state index is 11.9. The molecule has 0 atom stereocenters. The van der Waals surface area contributed by atoms with E-state index in [9.17, 15) is 8.42 Å². The van der Waals surface area contributed by atoms with E-state index >= 15 is 0 Å². The predicted molar refractivity (Wildman–Crippen MR) is 71.2 cm³/mol. The first kappa shape index (κ1) is 14.9. The molecular weight excluding hydrogens is 236 g/mol. The lowest BCUT2D eigenvalue weighted by molar-refractivity contribution is 0.308. The molecule has 0 unspecified atom stereocenters. The van der Waals surface area contributed by atoms with Crippen LogP contribution in [-0.4, -0.2) is 27.3 Å². The Kier molecular flexibility index (Phi) is 4.60. The summed E-state index contributed by atoms with van der Waals surface area (Å²) in [6.07, 6.45) is 4.42. The van der Waals surface area contributed by atoms with Crippen LogP contribution in [0.25, 0.3) is 0 Å². The molecule has 4 nitrogen and oxygen atoms in total. The van der Waals surface area contributed by atoms with Crippen molar-refractivity contribution in [3.63, 3.8) is 0 Å². The molecule has 0 heterocycles. The molecule has 0 aromatic heterocycles. The monoisotopic (exact) mass is 262 g/mol. The molecule has 3 N–H and O–H groups in total. The van der Waals surface area contributed by atoms with Gasteiger partial charge in [0.15, 0.2) is 0 Å². The number of hydrogen-bond acceptors (Lipinski definition) is 3. The summed E-state index contributed by atoms with van der Waals surface area (Å²) in [5.74, 6) is 0.167. The van der Waals surface area contributed by atoms with Crippen molar-refractivity contribution in [1.29, 1.82) is 0 Å². The number of nitrogens with one attached hydrogen (secondary N) is 1. The number of sulfonamides is 1. The van der Waals surface area contributed by atoms with Crippen molar-refractivity contribution in [2.75, 3.05) is 18.8 Å². The summed E-state index contributed by atoms with van der Waals surface area (Å²) >= 11 is 0. The first-order chi connectivity index (χ1) is 7.68. The number of hydrogen-bond donors (Lipinski definition) is 2. The van der Waals surface area contributed by atoms with Crippen LogP contribution in [0, 0.1) is 10.8 Å². The SMILES string of the molecule is CC(C)(C)CS(=O)(=O)NCC1(CN)CCCC1. The maximum atomic E-state index is 11.9. The zero-order valence-electron chi connectivity index (χ0n) is 11.3. The van der Waals surface area contributed by atoms with Crippen LogP contribution in [0.1, 0.15) is 46.5 Å². The molecule has 0 radical (unpaired) electrons. The van der Waals surface area contributed by atoms with Gasteiger partial charge in [-0.2, -0.15) is 0 Å². The van der Waals surface area contributed by atoms with E-state index in [1.54, 1.807) is 0 Å². The van der Waals surface area contributed by atoms with Crippen LogP contribution >= 0.6 is 0 Å². The second kappa shape index (κ2) is 5.24. The van der Waals surface area contributed by atoms with Gasteiger partial charge in [-0.15, -0.1) is 0 Å². The van der Waals surface area contributed by atoms with Gasteiger partial charge in [0.2, 0.25) is 10.0 Å². The molecule has 1 saturated carbocycles. The average Bonchev–Trinajstić information content (AvgIpc) is 2.60. The van der Waals surface area contributed by atoms with Gasteiger partial charge >= 0.3 is 0 Å². The Hall–Kier alpha value is -0.130. The van der Waals surface area contributed by atoms with Gasteiger partial charge in [-0.3, -0.25) is 0 Å². The molecule has 5 heteroatoms. The summed E-state index contributed by atoms with van der Waals surface area (Å²) in [6, 6.07) is 0. The summed E-state index contributed by atoms with van der Waals surface area (Å²) in [4.78, 5) is 0. The Labute approximate surface area is 105 Å². The van der Waals surface area contributed by atoms with Crippen LogP contribution in [0.2, 0.25) is 0 Å². The van der Waals surface area contributed by atoms with Crippen molar-refractivity contribution in [1.82, 2.24) is 4.72 Å². The fraction of sp³-hybridized carbons (Fsp3) is 1.00. The molecule has 1 aliphatic rings.